The molecule has 1 fully saturated rings. The Morgan fingerprint density at radius 3 is 2.58 bits per heavy atom. The van der Waals surface area contributed by atoms with Crippen molar-refractivity contribution in [2.24, 2.45) is 5.92 Å². The zero-order valence-corrected chi connectivity index (χ0v) is 11.5. The SMILES string of the molecule is CN1CCC(CCNc2nnc(C(F)(F)F)s2)CC1. The third kappa shape index (κ3) is 4.31. The molecule has 1 aromatic heterocycles. The Hall–Kier alpha value is -0.890. The summed E-state index contributed by atoms with van der Waals surface area (Å²) in [6.07, 6.45) is -1.12. The molecule has 1 N–H and O–H groups in total. The van der Waals surface area contributed by atoms with Gasteiger partial charge in [0.1, 0.15) is 0 Å². The lowest BCUT2D eigenvalue weighted by molar-refractivity contribution is -0.138. The molecule has 8 heteroatoms. The Morgan fingerprint density at radius 2 is 2.00 bits per heavy atom. The first-order chi connectivity index (χ1) is 8.95. The molecule has 0 saturated carbocycles. The summed E-state index contributed by atoms with van der Waals surface area (Å²) in [5, 5.41) is 8.93. The molecule has 0 aliphatic carbocycles. The lowest BCUT2D eigenvalue weighted by Gasteiger charge is -2.28. The van der Waals surface area contributed by atoms with Gasteiger partial charge in [0.25, 0.3) is 0 Å². The van der Waals surface area contributed by atoms with E-state index in [1.807, 2.05) is 0 Å². The third-order valence-corrected chi connectivity index (χ3v) is 4.26. The van der Waals surface area contributed by atoms with Crippen LogP contribution in [0, 0.1) is 5.92 Å². The van der Waals surface area contributed by atoms with E-state index < -0.39 is 11.2 Å². The fourth-order valence-corrected chi connectivity index (χ4v) is 2.78. The maximum absolute atomic E-state index is 12.3. The van der Waals surface area contributed by atoms with Crippen molar-refractivity contribution in [2.75, 3.05) is 32.0 Å². The van der Waals surface area contributed by atoms with Gasteiger partial charge < -0.3 is 10.2 Å². The van der Waals surface area contributed by atoms with Gasteiger partial charge in [0.05, 0.1) is 0 Å². The van der Waals surface area contributed by atoms with Crippen LogP contribution in [0.15, 0.2) is 0 Å². The van der Waals surface area contributed by atoms with E-state index in [0.717, 1.165) is 32.4 Å². The van der Waals surface area contributed by atoms with Crippen LogP contribution in [0.3, 0.4) is 0 Å². The fraction of sp³-hybridized carbons (Fsp3) is 0.818. The molecule has 1 saturated heterocycles. The predicted octanol–water partition coefficient (Wildman–Crippen LogP) is 2.70. The van der Waals surface area contributed by atoms with E-state index in [0.29, 0.717) is 23.8 Å². The van der Waals surface area contributed by atoms with Gasteiger partial charge in [-0.15, -0.1) is 10.2 Å². The lowest BCUT2D eigenvalue weighted by atomic mass is 9.94. The Labute approximate surface area is 114 Å². The van der Waals surface area contributed by atoms with Gasteiger partial charge in [-0.2, -0.15) is 13.2 Å². The summed E-state index contributed by atoms with van der Waals surface area (Å²) in [5.41, 5.74) is 0. The zero-order valence-electron chi connectivity index (χ0n) is 10.7. The third-order valence-electron chi connectivity index (χ3n) is 3.33. The molecule has 0 bridgehead atoms. The van der Waals surface area contributed by atoms with E-state index >= 15 is 0 Å². The standard InChI is InChI=1S/C11H17F3N4S/c1-18-6-3-8(4-7-18)2-5-15-10-17-16-9(19-10)11(12,13)14/h8H,2-7H2,1H3,(H,15,17). The highest BCUT2D eigenvalue weighted by Crippen LogP contribution is 2.33. The highest BCUT2D eigenvalue weighted by atomic mass is 32.1. The summed E-state index contributed by atoms with van der Waals surface area (Å²) < 4.78 is 37.0. The Kier molecular flexibility index (Phi) is 4.62. The molecular formula is C11H17F3N4S. The Bertz CT molecular complexity index is 399. The number of hydrogen-bond donors (Lipinski definition) is 1. The van der Waals surface area contributed by atoms with Gasteiger partial charge in [-0.25, -0.2) is 0 Å². The fourth-order valence-electron chi connectivity index (χ4n) is 2.14. The maximum Gasteiger partial charge on any atom is 0.445 e. The summed E-state index contributed by atoms with van der Waals surface area (Å²) in [6.45, 7) is 2.85. The van der Waals surface area contributed by atoms with Gasteiger partial charge in [0.15, 0.2) is 0 Å². The first-order valence-corrected chi connectivity index (χ1v) is 7.10. The second-order valence-electron chi connectivity index (χ2n) is 4.87. The molecule has 1 aliphatic heterocycles. The summed E-state index contributed by atoms with van der Waals surface area (Å²) in [4.78, 5) is 2.30. The minimum Gasteiger partial charge on any atom is -0.360 e. The first-order valence-electron chi connectivity index (χ1n) is 6.28. The predicted molar refractivity (Wildman–Crippen MR) is 68.2 cm³/mol. The molecule has 2 heterocycles. The quantitative estimate of drug-likeness (QED) is 0.927. The van der Waals surface area contributed by atoms with Crippen LogP contribution >= 0.6 is 11.3 Å². The highest BCUT2D eigenvalue weighted by Gasteiger charge is 2.35. The van der Waals surface area contributed by atoms with Crippen molar-refractivity contribution in [2.45, 2.75) is 25.4 Å². The minimum atomic E-state index is -4.40. The van der Waals surface area contributed by atoms with E-state index in [9.17, 15) is 13.2 Å². The molecule has 2 rings (SSSR count). The van der Waals surface area contributed by atoms with Gasteiger partial charge in [0.2, 0.25) is 10.1 Å². The van der Waals surface area contributed by atoms with Crippen LogP contribution in [0.2, 0.25) is 0 Å². The molecule has 0 unspecified atom stereocenters. The van der Waals surface area contributed by atoms with Crippen molar-refractivity contribution >= 4 is 16.5 Å². The number of rotatable bonds is 4. The van der Waals surface area contributed by atoms with Crippen LogP contribution in [0.1, 0.15) is 24.3 Å². The van der Waals surface area contributed by atoms with Crippen LogP contribution in [-0.4, -0.2) is 41.8 Å². The molecule has 0 aromatic carbocycles. The van der Waals surface area contributed by atoms with Crippen molar-refractivity contribution < 1.29 is 13.2 Å². The number of piperidine rings is 1. The summed E-state index contributed by atoms with van der Waals surface area (Å²) in [7, 11) is 2.11. The highest BCUT2D eigenvalue weighted by molar-refractivity contribution is 7.15. The average molecular weight is 294 g/mol. The number of hydrogen-bond acceptors (Lipinski definition) is 5. The molecule has 108 valence electrons. The monoisotopic (exact) mass is 294 g/mol. The number of halogens is 3. The second kappa shape index (κ2) is 6.04. The van der Waals surface area contributed by atoms with E-state index in [-0.39, 0.29) is 5.13 Å². The topological polar surface area (TPSA) is 41.0 Å². The molecule has 1 aromatic rings. The number of likely N-dealkylation sites (tertiary alicyclic amines) is 1. The Balaban J connectivity index is 1.72. The second-order valence-corrected chi connectivity index (χ2v) is 5.85. The van der Waals surface area contributed by atoms with Crippen LogP contribution in [0.5, 0.6) is 0 Å². The number of nitrogens with one attached hydrogen (secondary N) is 1. The van der Waals surface area contributed by atoms with E-state index in [2.05, 4.69) is 27.5 Å². The molecule has 0 radical (unpaired) electrons. The van der Waals surface area contributed by atoms with E-state index in [1.54, 1.807) is 0 Å². The van der Waals surface area contributed by atoms with Gasteiger partial charge in [-0.05, 0) is 45.3 Å². The van der Waals surface area contributed by atoms with Gasteiger partial charge in [-0.1, -0.05) is 11.3 Å². The van der Waals surface area contributed by atoms with Crippen molar-refractivity contribution in [1.82, 2.24) is 15.1 Å². The number of anilines is 1. The maximum atomic E-state index is 12.3. The normalized spacial score (nSPS) is 18.7. The molecular weight excluding hydrogens is 277 g/mol. The summed E-state index contributed by atoms with van der Waals surface area (Å²) in [6, 6.07) is 0. The van der Waals surface area contributed by atoms with Crippen LogP contribution in [0.25, 0.3) is 0 Å². The van der Waals surface area contributed by atoms with Crippen molar-refractivity contribution in [3.8, 4) is 0 Å². The van der Waals surface area contributed by atoms with Crippen LogP contribution in [0.4, 0.5) is 18.3 Å². The van der Waals surface area contributed by atoms with Crippen LogP contribution < -0.4 is 5.32 Å². The summed E-state index contributed by atoms with van der Waals surface area (Å²) >= 11 is 0.560. The van der Waals surface area contributed by atoms with Crippen molar-refractivity contribution in [3.05, 3.63) is 5.01 Å². The largest absolute Gasteiger partial charge is 0.445 e. The molecule has 19 heavy (non-hydrogen) atoms. The van der Waals surface area contributed by atoms with Crippen LogP contribution in [-0.2, 0) is 6.18 Å². The molecule has 4 nitrogen and oxygen atoms in total. The minimum absolute atomic E-state index is 0.250. The van der Waals surface area contributed by atoms with Gasteiger partial charge >= 0.3 is 6.18 Å². The van der Waals surface area contributed by atoms with E-state index in [1.165, 1.54) is 0 Å². The number of aromatic nitrogens is 2. The van der Waals surface area contributed by atoms with Gasteiger partial charge in [0, 0.05) is 6.54 Å². The van der Waals surface area contributed by atoms with Crippen molar-refractivity contribution in [1.29, 1.82) is 0 Å². The smallest absolute Gasteiger partial charge is 0.360 e. The molecule has 1 aliphatic rings. The Morgan fingerprint density at radius 1 is 1.32 bits per heavy atom. The summed E-state index contributed by atoms with van der Waals surface area (Å²) in [5.74, 6) is 0.652. The molecule has 0 spiro atoms. The molecule has 0 amide bonds. The number of alkyl halides is 3. The zero-order chi connectivity index (χ0) is 13.9. The average Bonchev–Trinajstić information content (AvgIpc) is 2.80. The lowest BCUT2D eigenvalue weighted by Crippen LogP contribution is -2.30. The van der Waals surface area contributed by atoms with E-state index in [4.69, 9.17) is 0 Å². The van der Waals surface area contributed by atoms with Gasteiger partial charge in [-0.3, -0.25) is 0 Å². The number of nitrogens with zero attached hydrogens (tertiary/aromatic N) is 3. The first kappa shape index (κ1) is 14.5. The molecule has 0 atom stereocenters. The van der Waals surface area contributed by atoms with Crippen molar-refractivity contribution in [3.63, 3.8) is 0 Å².